The Balaban J connectivity index is 1.47. The van der Waals surface area contributed by atoms with Gasteiger partial charge in [-0.1, -0.05) is 53.6 Å². The molecule has 3 rings (SSSR count). The van der Waals surface area contributed by atoms with Gasteiger partial charge in [0.1, 0.15) is 0 Å². The SMILES string of the molecule is Cc1cccc(C[C@@H](O)C=C[C@@H]2[C@H]3CC(CCOCCN(C)C)=C[C@H]3C[C@H]2O)c1. The molecule has 2 N–H and O–H groups in total. The van der Waals surface area contributed by atoms with Crippen molar-refractivity contribution in [2.45, 2.75) is 44.8 Å². The van der Waals surface area contributed by atoms with Gasteiger partial charge in [-0.05, 0) is 57.7 Å². The van der Waals surface area contributed by atoms with Crippen LogP contribution in [0.4, 0.5) is 0 Å². The lowest BCUT2D eigenvalue weighted by Gasteiger charge is -2.19. The van der Waals surface area contributed by atoms with Crippen molar-refractivity contribution in [1.82, 2.24) is 4.90 Å². The molecule has 1 aromatic rings. The Hall–Kier alpha value is -1.46. The van der Waals surface area contributed by atoms with Crippen LogP contribution in [0.25, 0.3) is 0 Å². The van der Waals surface area contributed by atoms with Crippen LogP contribution in [0.2, 0.25) is 0 Å². The predicted molar refractivity (Wildman–Crippen MR) is 118 cm³/mol. The second kappa shape index (κ2) is 10.5. The molecule has 29 heavy (non-hydrogen) atoms. The minimum absolute atomic E-state index is 0.135. The molecule has 0 heterocycles. The van der Waals surface area contributed by atoms with Crippen molar-refractivity contribution in [2.24, 2.45) is 17.8 Å². The summed E-state index contributed by atoms with van der Waals surface area (Å²) in [5, 5.41) is 21.0. The molecule has 1 aromatic carbocycles. The van der Waals surface area contributed by atoms with Crippen LogP contribution < -0.4 is 0 Å². The maximum Gasteiger partial charge on any atom is 0.0761 e. The number of aliphatic hydroxyl groups excluding tert-OH is 2. The normalized spacial score (nSPS) is 27.6. The number of hydrogen-bond acceptors (Lipinski definition) is 4. The van der Waals surface area contributed by atoms with E-state index < -0.39 is 6.10 Å². The number of nitrogens with zero attached hydrogens (tertiary/aromatic N) is 1. The van der Waals surface area contributed by atoms with E-state index in [2.05, 4.69) is 56.3 Å². The monoisotopic (exact) mass is 399 g/mol. The molecule has 5 atom stereocenters. The maximum absolute atomic E-state index is 10.5. The van der Waals surface area contributed by atoms with Gasteiger partial charge in [0, 0.05) is 18.9 Å². The van der Waals surface area contributed by atoms with E-state index >= 15 is 0 Å². The van der Waals surface area contributed by atoms with Crippen LogP contribution in [-0.2, 0) is 11.2 Å². The average Bonchev–Trinajstić information content (AvgIpc) is 3.16. The van der Waals surface area contributed by atoms with Crippen LogP contribution in [0.3, 0.4) is 0 Å². The van der Waals surface area contributed by atoms with Gasteiger partial charge in [0.25, 0.3) is 0 Å². The third kappa shape index (κ3) is 6.51. The van der Waals surface area contributed by atoms with Crippen molar-refractivity contribution in [2.75, 3.05) is 33.9 Å². The van der Waals surface area contributed by atoms with Crippen LogP contribution in [-0.4, -0.2) is 61.2 Å². The number of fused-ring (bicyclic) bond motifs is 1. The van der Waals surface area contributed by atoms with Gasteiger partial charge in [0.05, 0.1) is 25.4 Å². The summed E-state index contributed by atoms with van der Waals surface area (Å²) >= 11 is 0. The van der Waals surface area contributed by atoms with E-state index in [1.165, 1.54) is 11.1 Å². The molecule has 160 valence electrons. The van der Waals surface area contributed by atoms with Crippen LogP contribution in [0.5, 0.6) is 0 Å². The molecule has 0 unspecified atom stereocenters. The van der Waals surface area contributed by atoms with E-state index in [0.29, 0.717) is 18.3 Å². The molecular weight excluding hydrogens is 362 g/mol. The first kappa shape index (κ1) is 22.2. The van der Waals surface area contributed by atoms with Crippen molar-refractivity contribution in [1.29, 1.82) is 0 Å². The minimum atomic E-state index is -0.512. The van der Waals surface area contributed by atoms with Crippen molar-refractivity contribution in [3.63, 3.8) is 0 Å². The number of benzene rings is 1. The number of likely N-dealkylation sites (N-methyl/N-ethyl adjacent to an activating group) is 1. The van der Waals surface area contributed by atoms with Crippen LogP contribution in [0.15, 0.2) is 48.1 Å². The van der Waals surface area contributed by atoms with Gasteiger partial charge in [0.2, 0.25) is 0 Å². The summed E-state index contributed by atoms with van der Waals surface area (Å²) in [5.74, 6) is 1.06. The topological polar surface area (TPSA) is 52.9 Å². The van der Waals surface area contributed by atoms with Gasteiger partial charge in [-0.2, -0.15) is 0 Å². The zero-order valence-corrected chi connectivity index (χ0v) is 18.1. The van der Waals surface area contributed by atoms with Gasteiger partial charge in [0.15, 0.2) is 0 Å². The number of rotatable bonds is 10. The van der Waals surface area contributed by atoms with Crippen LogP contribution in [0, 0.1) is 24.7 Å². The van der Waals surface area contributed by atoms with Crippen molar-refractivity contribution < 1.29 is 14.9 Å². The molecule has 0 bridgehead atoms. The number of aliphatic hydroxyl groups is 2. The fourth-order valence-corrected chi connectivity index (χ4v) is 4.75. The smallest absolute Gasteiger partial charge is 0.0761 e. The highest BCUT2D eigenvalue weighted by atomic mass is 16.5. The summed E-state index contributed by atoms with van der Waals surface area (Å²) in [7, 11) is 4.11. The molecule has 2 aliphatic carbocycles. The molecule has 0 amide bonds. The molecule has 0 radical (unpaired) electrons. The van der Waals surface area contributed by atoms with E-state index in [0.717, 1.165) is 44.6 Å². The molecule has 4 nitrogen and oxygen atoms in total. The lowest BCUT2D eigenvalue weighted by Crippen LogP contribution is -2.19. The third-order valence-corrected chi connectivity index (χ3v) is 6.28. The Bertz CT molecular complexity index is 712. The maximum atomic E-state index is 10.5. The fourth-order valence-electron chi connectivity index (χ4n) is 4.75. The average molecular weight is 400 g/mol. The Morgan fingerprint density at radius 3 is 2.86 bits per heavy atom. The minimum Gasteiger partial charge on any atom is -0.392 e. The number of aryl methyl sites for hydroxylation is 1. The van der Waals surface area contributed by atoms with Crippen molar-refractivity contribution in [3.05, 3.63) is 59.2 Å². The molecule has 2 aliphatic rings. The predicted octanol–water partition coefficient (Wildman–Crippen LogP) is 3.37. The standard InChI is InChI=1S/C25H37NO3/c1-18-5-4-6-19(13-18)15-22(27)7-8-23-24-16-20(14-21(24)17-25(23)28)9-11-29-12-10-26(2)3/h4-8,13-14,21-25,27-28H,9-12,15-17H2,1-3H3/t21-,22-,23+,24-,25+/m0/s1. The quantitative estimate of drug-likeness (QED) is 0.468. The van der Waals surface area contributed by atoms with E-state index in [4.69, 9.17) is 4.74 Å². The highest BCUT2D eigenvalue weighted by Crippen LogP contribution is 2.47. The van der Waals surface area contributed by atoms with Crippen molar-refractivity contribution >= 4 is 0 Å². The number of allylic oxidation sites excluding steroid dienone is 1. The molecular formula is C25H37NO3. The first-order valence-corrected chi connectivity index (χ1v) is 10.9. The zero-order chi connectivity index (χ0) is 20.8. The Kier molecular flexibility index (Phi) is 8.07. The van der Waals surface area contributed by atoms with Crippen molar-refractivity contribution in [3.8, 4) is 0 Å². The van der Waals surface area contributed by atoms with E-state index in [9.17, 15) is 10.2 Å². The largest absolute Gasteiger partial charge is 0.392 e. The molecule has 4 heteroatoms. The molecule has 0 aromatic heterocycles. The Morgan fingerprint density at radius 1 is 1.28 bits per heavy atom. The highest BCUT2D eigenvalue weighted by Gasteiger charge is 2.43. The number of ether oxygens (including phenoxy) is 1. The summed E-state index contributed by atoms with van der Waals surface area (Å²) in [6.07, 6.45) is 9.00. The first-order valence-electron chi connectivity index (χ1n) is 10.9. The molecule has 1 saturated carbocycles. The zero-order valence-electron chi connectivity index (χ0n) is 18.1. The second-order valence-corrected chi connectivity index (χ2v) is 9.05. The Morgan fingerprint density at radius 2 is 2.10 bits per heavy atom. The van der Waals surface area contributed by atoms with E-state index in [-0.39, 0.29) is 12.0 Å². The Labute approximate surface area is 175 Å². The summed E-state index contributed by atoms with van der Waals surface area (Å²) in [6, 6.07) is 8.27. The molecule has 0 saturated heterocycles. The number of hydrogen-bond donors (Lipinski definition) is 2. The fraction of sp³-hybridized carbons (Fsp3) is 0.600. The summed E-state index contributed by atoms with van der Waals surface area (Å²) < 4.78 is 5.74. The van der Waals surface area contributed by atoms with E-state index in [1.54, 1.807) is 0 Å². The van der Waals surface area contributed by atoms with Crippen LogP contribution in [0.1, 0.15) is 30.4 Å². The van der Waals surface area contributed by atoms with Gasteiger partial charge >= 0.3 is 0 Å². The van der Waals surface area contributed by atoms with Crippen LogP contribution >= 0.6 is 0 Å². The van der Waals surface area contributed by atoms with Gasteiger partial charge in [-0.25, -0.2) is 0 Å². The summed E-state index contributed by atoms with van der Waals surface area (Å²) in [5.41, 5.74) is 3.82. The lowest BCUT2D eigenvalue weighted by molar-refractivity contribution is 0.119. The summed E-state index contributed by atoms with van der Waals surface area (Å²) in [4.78, 5) is 2.13. The lowest BCUT2D eigenvalue weighted by atomic mass is 9.88. The molecule has 0 spiro atoms. The molecule has 0 aliphatic heterocycles. The molecule has 1 fully saturated rings. The van der Waals surface area contributed by atoms with E-state index in [1.807, 2.05) is 12.1 Å². The summed E-state index contributed by atoms with van der Waals surface area (Å²) in [6.45, 7) is 4.57. The first-order chi connectivity index (χ1) is 13.9. The van der Waals surface area contributed by atoms with Gasteiger partial charge in [-0.3, -0.25) is 0 Å². The van der Waals surface area contributed by atoms with Gasteiger partial charge < -0.3 is 19.8 Å². The highest BCUT2D eigenvalue weighted by molar-refractivity contribution is 5.24. The second-order valence-electron chi connectivity index (χ2n) is 9.05. The van der Waals surface area contributed by atoms with Gasteiger partial charge in [-0.15, -0.1) is 0 Å². The third-order valence-electron chi connectivity index (χ3n) is 6.28.